The van der Waals surface area contributed by atoms with Crippen molar-refractivity contribution in [1.82, 2.24) is 4.90 Å². The Morgan fingerprint density at radius 3 is 3.00 bits per heavy atom. The van der Waals surface area contributed by atoms with Crippen LogP contribution in [0.25, 0.3) is 0 Å². The maximum Gasteiger partial charge on any atom is 0.167 e. The molecule has 0 spiro atoms. The Morgan fingerprint density at radius 2 is 2.28 bits per heavy atom. The van der Waals surface area contributed by atoms with Crippen LogP contribution in [0.2, 0.25) is 0 Å². The van der Waals surface area contributed by atoms with Crippen LogP contribution in [-0.4, -0.2) is 43.0 Å². The highest BCUT2D eigenvalue weighted by molar-refractivity contribution is 5.96. The molecule has 0 amide bonds. The van der Waals surface area contributed by atoms with E-state index in [2.05, 4.69) is 11.8 Å². The van der Waals surface area contributed by atoms with E-state index in [0.29, 0.717) is 32.2 Å². The number of Topliss-reactive ketones (excluding diaryl/α,β-unsaturated/α-hetero) is 1. The van der Waals surface area contributed by atoms with E-state index in [4.69, 9.17) is 4.74 Å². The summed E-state index contributed by atoms with van der Waals surface area (Å²) in [5.74, 6) is -0.565. The van der Waals surface area contributed by atoms with Gasteiger partial charge < -0.3 is 4.74 Å². The monoisotopic (exact) mass is 251 g/mol. The number of ketones is 1. The third kappa shape index (κ3) is 3.15. The topological polar surface area (TPSA) is 29.5 Å². The van der Waals surface area contributed by atoms with Gasteiger partial charge in [0.05, 0.1) is 18.8 Å². The Balaban J connectivity index is 1.90. The molecule has 98 valence electrons. The Hall–Kier alpha value is -1.26. The minimum absolute atomic E-state index is 0.133. The number of rotatable bonds is 4. The van der Waals surface area contributed by atoms with Crippen molar-refractivity contribution in [2.75, 3.05) is 26.3 Å². The lowest BCUT2D eigenvalue weighted by Gasteiger charge is -2.32. The van der Waals surface area contributed by atoms with Gasteiger partial charge >= 0.3 is 0 Å². The van der Waals surface area contributed by atoms with Crippen LogP contribution in [0.5, 0.6) is 0 Å². The SMILES string of the molecule is CC1COCCN1CCC(=O)c1ccccc1F. The van der Waals surface area contributed by atoms with Crippen molar-refractivity contribution in [3.05, 3.63) is 35.6 Å². The zero-order valence-electron chi connectivity index (χ0n) is 10.6. The van der Waals surface area contributed by atoms with Crippen LogP contribution in [0.1, 0.15) is 23.7 Å². The zero-order chi connectivity index (χ0) is 13.0. The van der Waals surface area contributed by atoms with Crippen LogP contribution < -0.4 is 0 Å². The number of nitrogens with zero attached hydrogens (tertiary/aromatic N) is 1. The summed E-state index contributed by atoms with van der Waals surface area (Å²) < 4.78 is 18.8. The van der Waals surface area contributed by atoms with Crippen molar-refractivity contribution in [1.29, 1.82) is 0 Å². The summed E-state index contributed by atoms with van der Waals surface area (Å²) in [5, 5.41) is 0. The zero-order valence-corrected chi connectivity index (χ0v) is 10.6. The first-order valence-electron chi connectivity index (χ1n) is 6.28. The lowest BCUT2D eigenvalue weighted by atomic mass is 10.1. The molecule has 1 saturated heterocycles. The second kappa shape index (κ2) is 6.07. The van der Waals surface area contributed by atoms with E-state index < -0.39 is 5.82 Å². The highest BCUT2D eigenvalue weighted by Gasteiger charge is 2.20. The molecule has 1 unspecified atom stereocenters. The van der Waals surface area contributed by atoms with Crippen molar-refractivity contribution >= 4 is 5.78 Å². The van der Waals surface area contributed by atoms with Crippen molar-refractivity contribution in [2.45, 2.75) is 19.4 Å². The van der Waals surface area contributed by atoms with Crippen molar-refractivity contribution in [3.8, 4) is 0 Å². The molecule has 1 fully saturated rings. The van der Waals surface area contributed by atoms with Crippen LogP contribution >= 0.6 is 0 Å². The summed E-state index contributed by atoms with van der Waals surface area (Å²) >= 11 is 0. The number of hydrogen-bond donors (Lipinski definition) is 0. The molecule has 0 aliphatic carbocycles. The second-order valence-electron chi connectivity index (χ2n) is 4.61. The third-order valence-electron chi connectivity index (χ3n) is 3.31. The summed E-state index contributed by atoms with van der Waals surface area (Å²) in [6.45, 7) is 4.99. The molecule has 4 heteroatoms. The number of benzene rings is 1. The number of ether oxygens (including phenoxy) is 1. The van der Waals surface area contributed by atoms with E-state index in [1.807, 2.05) is 0 Å². The molecule has 1 aliphatic rings. The van der Waals surface area contributed by atoms with Gasteiger partial charge in [0, 0.05) is 25.6 Å². The lowest BCUT2D eigenvalue weighted by Crippen LogP contribution is -2.44. The molecule has 1 atom stereocenters. The highest BCUT2D eigenvalue weighted by Crippen LogP contribution is 2.12. The Morgan fingerprint density at radius 1 is 1.50 bits per heavy atom. The van der Waals surface area contributed by atoms with Gasteiger partial charge in [-0.25, -0.2) is 4.39 Å². The molecule has 3 nitrogen and oxygen atoms in total. The minimum atomic E-state index is -0.433. The van der Waals surface area contributed by atoms with Crippen LogP contribution in [-0.2, 0) is 4.74 Å². The summed E-state index contributed by atoms with van der Waals surface area (Å²) in [6, 6.07) is 6.47. The van der Waals surface area contributed by atoms with Gasteiger partial charge in [0.2, 0.25) is 0 Å². The van der Waals surface area contributed by atoms with E-state index in [1.165, 1.54) is 6.07 Å². The normalized spacial score (nSPS) is 20.9. The number of carbonyl (C=O) groups is 1. The average Bonchev–Trinajstić information content (AvgIpc) is 2.38. The van der Waals surface area contributed by atoms with Crippen molar-refractivity contribution in [2.24, 2.45) is 0 Å². The molecule has 0 aromatic heterocycles. The first-order valence-corrected chi connectivity index (χ1v) is 6.28. The van der Waals surface area contributed by atoms with E-state index in [9.17, 15) is 9.18 Å². The standard InChI is InChI=1S/C14H18FNO2/c1-11-10-18-9-8-16(11)7-6-14(17)12-4-2-3-5-13(12)15/h2-5,11H,6-10H2,1H3. The molecule has 0 bridgehead atoms. The van der Waals surface area contributed by atoms with Crippen molar-refractivity contribution in [3.63, 3.8) is 0 Å². The molecule has 18 heavy (non-hydrogen) atoms. The summed E-state index contributed by atoms with van der Waals surface area (Å²) in [4.78, 5) is 14.1. The number of halogens is 1. The van der Waals surface area contributed by atoms with E-state index >= 15 is 0 Å². The molecule has 1 aromatic rings. The number of carbonyl (C=O) groups excluding carboxylic acids is 1. The lowest BCUT2D eigenvalue weighted by molar-refractivity contribution is -0.000222. The maximum absolute atomic E-state index is 13.4. The van der Waals surface area contributed by atoms with Gasteiger partial charge in [-0.05, 0) is 19.1 Å². The largest absolute Gasteiger partial charge is 0.379 e. The Labute approximate surface area is 107 Å². The van der Waals surface area contributed by atoms with E-state index in [-0.39, 0.29) is 11.3 Å². The molecule has 0 N–H and O–H groups in total. The van der Waals surface area contributed by atoms with Gasteiger partial charge in [-0.15, -0.1) is 0 Å². The third-order valence-corrected chi connectivity index (χ3v) is 3.31. The molecule has 1 aliphatic heterocycles. The van der Waals surface area contributed by atoms with Gasteiger partial charge in [0.1, 0.15) is 5.82 Å². The molecule has 0 saturated carbocycles. The van der Waals surface area contributed by atoms with Crippen LogP contribution in [0.15, 0.2) is 24.3 Å². The fraction of sp³-hybridized carbons (Fsp3) is 0.500. The first-order chi connectivity index (χ1) is 8.68. The van der Waals surface area contributed by atoms with E-state index in [0.717, 1.165) is 6.54 Å². The quantitative estimate of drug-likeness (QED) is 0.768. The molecular formula is C14H18FNO2. The summed E-state index contributed by atoms with van der Waals surface area (Å²) in [5.41, 5.74) is 0.193. The van der Waals surface area contributed by atoms with E-state index in [1.54, 1.807) is 18.2 Å². The summed E-state index contributed by atoms with van der Waals surface area (Å²) in [7, 11) is 0. The maximum atomic E-state index is 13.4. The predicted molar refractivity (Wildman–Crippen MR) is 67.2 cm³/mol. The molecule has 0 radical (unpaired) electrons. The smallest absolute Gasteiger partial charge is 0.167 e. The van der Waals surface area contributed by atoms with Crippen LogP contribution in [0, 0.1) is 5.82 Å². The first kappa shape index (κ1) is 13.2. The number of morpholine rings is 1. The van der Waals surface area contributed by atoms with Gasteiger partial charge in [0.15, 0.2) is 5.78 Å². The molecule has 2 rings (SSSR count). The van der Waals surface area contributed by atoms with Crippen molar-refractivity contribution < 1.29 is 13.9 Å². The van der Waals surface area contributed by atoms with Crippen LogP contribution in [0.3, 0.4) is 0 Å². The van der Waals surface area contributed by atoms with Gasteiger partial charge in [0.25, 0.3) is 0 Å². The Bertz CT molecular complexity index is 422. The minimum Gasteiger partial charge on any atom is -0.379 e. The molecular weight excluding hydrogens is 233 g/mol. The van der Waals surface area contributed by atoms with Gasteiger partial charge in [-0.3, -0.25) is 9.69 Å². The Kier molecular flexibility index (Phi) is 4.44. The molecule has 1 aromatic carbocycles. The average molecular weight is 251 g/mol. The second-order valence-corrected chi connectivity index (χ2v) is 4.61. The fourth-order valence-corrected chi connectivity index (χ4v) is 2.16. The van der Waals surface area contributed by atoms with Gasteiger partial charge in [-0.2, -0.15) is 0 Å². The van der Waals surface area contributed by atoms with Crippen LogP contribution in [0.4, 0.5) is 4.39 Å². The van der Waals surface area contributed by atoms with Gasteiger partial charge in [-0.1, -0.05) is 12.1 Å². The summed E-state index contributed by atoms with van der Waals surface area (Å²) in [6.07, 6.45) is 0.352. The molecule has 1 heterocycles. The highest BCUT2D eigenvalue weighted by atomic mass is 19.1. The fourth-order valence-electron chi connectivity index (χ4n) is 2.16. The number of hydrogen-bond acceptors (Lipinski definition) is 3. The predicted octanol–water partition coefficient (Wildman–Crippen LogP) is 2.12.